The van der Waals surface area contributed by atoms with Gasteiger partial charge in [0.25, 0.3) is 0 Å². The summed E-state index contributed by atoms with van der Waals surface area (Å²) < 4.78 is 17.5. The van der Waals surface area contributed by atoms with Gasteiger partial charge < -0.3 is 14.0 Å². The second kappa shape index (κ2) is 6.89. The molecule has 0 spiro atoms. The molecule has 0 saturated carbocycles. The highest BCUT2D eigenvalue weighted by molar-refractivity contribution is 5.74. The summed E-state index contributed by atoms with van der Waals surface area (Å²) in [6, 6.07) is 26.1. The normalized spacial score (nSPS) is 15.1. The Morgan fingerprint density at radius 2 is 1.68 bits per heavy atom. The molecule has 1 aliphatic heterocycles. The average molecular weight is 369 g/mol. The minimum absolute atomic E-state index is 0.153. The lowest BCUT2D eigenvalue weighted by Gasteiger charge is -2.13. The highest BCUT2D eigenvalue weighted by atomic mass is 16.5. The molecule has 0 aliphatic carbocycles. The zero-order valence-corrected chi connectivity index (χ0v) is 15.5. The van der Waals surface area contributed by atoms with Gasteiger partial charge >= 0.3 is 0 Å². The fourth-order valence-corrected chi connectivity index (χ4v) is 3.72. The van der Waals surface area contributed by atoms with Crippen LogP contribution in [0.1, 0.15) is 17.2 Å². The van der Waals surface area contributed by atoms with E-state index in [9.17, 15) is 0 Å². The SMILES string of the molecule is COc1cccc(-c2noc(-c3ccccc3)c2C2Cc3ccccc3O2)c1. The Kier molecular flexibility index (Phi) is 4.09. The number of methoxy groups -OCH3 is 1. The van der Waals surface area contributed by atoms with Gasteiger partial charge in [-0.2, -0.15) is 0 Å². The first-order chi connectivity index (χ1) is 13.8. The van der Waals surface area contributed by atoms with Crippen LogP contribution in [-0.2, 0) is 6.42 Å². The van der Waals surface area contributed by atoms with Crippen LogP contribution in [0, 0.1) is 0 Å². The van der Waals surface area contributed by atoms with Gasteiger partial charge in [-0.05, 0) is 23.8 Å². The third kappa shape index (κ3) is 2.83. The van der Waals surface area contributed by atoms with Crippen molar-refractivity contribution in [3.63, 3.8) is 0 Å². The standard InChI is InChI=1S/C24H19NO3/c1-26-19-12-7-11-18(14-19)23-22(21-15-17-10-5-6-13-20(17)27-21)24(28-25-23)16-8-3-2-4-9-16/h2-14,21H,15H2,1H3. The molecule has 5 rings (SSSR count). The molecule has 1 atom stereocenters. The van der Waals surface area contributed by atoms with E-state index in [1.165, 1.54) is 5.56 Å². The maximum atomic E-state index is 6.30. The minimum atomic E-state index is -0.153. The summed E-state index contributed by atoms with van der Waals surface area (Å²) in [5, 5.41) is 4.44. The van der Waals surface area contributed by atoms with Gasteiger partial charge in [-0.25, -0.2) is 0 Å². The molecule has 0 bridgehead atoms. The zero-order valence-electron chi connectivity index (χ0n) is 15.5. The summed E-state index contributed by atoms with van der Waals surface area (Å²) in [5.41, 5.74) is 4.88. The van der Waals surface area contributed by atoms with Gasteiger partial charge in [0.15, 0.2) is 5.76 Å². The van der Waals surface area contributed by atoms with E-state index in [4.69, 9.17) is 14.0 Å². The van der Waals surface area contributed by atoms with Gasteiger partial charge in [-0.3, -0.25) is 0 Å². The topological polar surface area (TPSA) is 44.5 Å². The number of nitrogens with zero attached hydrogens (tertiary/aromatic N) is 1. The van der Waals surface area contributed by atoms with E-state index in [1.54, 1.807) is 7.11 Å². The molecule has 138 valence electrons. The second-order valence-electron chi connectivity index (χ2n) is 6.79. The molecule has 4 aromatic rings. The van der Waals surface area contributed by atoms with Crippen LogP contribution in [0.15, 0.2) is 83.4 Å². The molecule has 2 heterocycles. The summed E-state index contributed by atoms with van der Waals surface area (Å²) in [6.45, 7) is 0. The van der Waals surface area contributed by atoms with Gasteiger partial charge in [0.1, 0.15) is 23.3 Å². The Morgan fingerprint density at radius 1 is 0.893 bits per heavy atom. The Balaban J connectivity index is 1.65. The first-order valence-corrected chi connectivity index (χ1v) is 9.27. The lowest BCUT2D eigenvalue weighted by atomic mass is 9.95. The molecule has 0 N–H and O–H groups in total. The summed E-state index contributed by atoms with van der Waals surface area (Å²) in [6.07, 6.45) is 0.633. The van der Waals surface area contributed by atoms with Crippen LogP contribution in [0.2, 0.25) is 0 Å². The molecule has 0 radical (unpaired) electrons. The second-order valence-corrected chi connectivity index (χ2v) is 6.79. The Morgan fingerprint density at radius 3 is 2.50 bits per heavy atom. The van der Waals surface area contributed by atoms with Gasteiger partial charge in [-0.1, -0.05) is 65.8 Å². The van der Waals surface area contributed by atoms with Crippen LogP contribution in [0.25, 0.3) is 22.6 Å². The monoisotopic (exact) mass is 369 g/mol. The van der Waals surface area contributed by atoms with Crippen LogP contribution < -0.4 is 9.47 Å². The van der Waals surface area contributed by atoms with Crippen LogP contribution in [0.4, 0.5) is 0 Å². The highest BCUT2D eigenvalue weighted by Crippen LogP contribution is 2.44. The number of rotatable bonds is 4. The summed E-state index contributed by atoms with van der Waals surface area (Å²) >= 11 is 0. The average Bonchev–Trinajstić information content (AvgIpc) is 3.38. The Bertz CT molecular complexity index is 1090. The maximum Gasteiger partial charge on any atom is 0.174 e. The first-order valence-electron chi connectivity index (χ1n) is 9.27. The number of ether oxygens (including phenoxy) is 2. The van der Waals surface area contributed by atoms with Gasteiger partial charge in [0.05, 0.1) is 12.7 Å². The van der Waals surface area contributed by atoms with Crippen molar-refractivity contribution in [1.82, 2.24) is 5.16 Å². The molecule has 1 aromatic heterocycles. The molecule has 4 heteroatoms. The van der Waals surface area contributed by atoms with Crippen molar-refractivity contribution in [2.75, 3.05) is 7.11 Å². The van der Waals surface area contributed by atoms with E-state index in [2.05, 4.69) is 11.2 Å². The Labute approximate surface area is 163 Å². The molecule has 0 amide bonds. The quantitative estimate of drug-likeness (QED) is 0.463. The van der Waals surface area contributed by atoms with E-state index in [0.717, 1.165) is 46.1 Å². The highest BCUT2D eigenvalue weighted by Gasteiger charge is 2.32. The number of aromatic nitrogens is 1. The lowest BCUT2D eigenvalue weighted by Crippen LogP contribution is -2.05. The largest absolute Gasteiger partial charge is 0.497 e. The lowest BCUT2D eigenvalue weighted by molar-refractivity contribution is 0.239. The van der Waals surface area contributed by atoms with Crippen molar-refractivity contribution in [2.45, 2.75) is 12.5 Å². The van der Waals surface area contributed by atoms with Crippen LogP contribution in [-0.4, -0.2) is 12.3 Å². The molecule has 1 aliphatic rings. The number of benzene rings is 3. The molecular weight excluding hydrogens is 350 g/mol. The fourth-order valence-electron chi connectivity index (χ4n) is 3.72. The van der Waals surface area contributed by atoms with Crippen LogP contribution >= 0.6 is 0 Å². The molecular formula is C24H19NO3. The third-order valence-electron chi connectivity index (χ3n) is 5.08. The third-order valence-corrected chi connectivity index (χ3v) is 5.08. The van der Waals surface area contributed by atoms with Crippen LogP contribution in [0.3, 0.4) is 0 Å². The minimum Gasteiger partial charge on any atom is -0.497 e. The van der Waals surface area contributed by atoms with E-state index < -0.39 is 0 Å². The molecule has 0 fully saturated rings. The number of para-hydroxylation sites is 1. The van der Waals surface area contributed by atoms with Crippen molar-refractivity contribution >= 4 is 0 Å². The predicted molar refractivity (Wildman–Crippen MR) is 107 cm³/mol. The van der Waals surface area contributed by atoms with Gasteiger partial charge in [-0.15, -0.1) is 0 Å². The van der Waals surface area contributed by atoms with Crippen molar-refractivity contribution < 1.29 is 14.0 Å². The Hall–Kier alpha value is -3.53. The van der Waals surface area contributed by atoms with Crippen molar-refractivity contribution in [3.8, 4) is 34.1 Å². The van der Waals surface area contributed by atoms with E-state index in [-0.39, 0.29) is 6.10 Å². The van der Waals surface area contributed by atoms with Crippen molar-refractivity contribution in [1.29, 1.82) is 0 Å². The number of hydrogen-bond donors (Lipinski definition) is 0. The first kappa shape index (κ1) is 16.6. The molecule has 4 nitrogen and oxygen atoms in total. The van der Waals surface area contributed by atoms with E-state index in [1.807, 2.05) is 72.8 Å². The number of fused-ring (bicyclic) bond motifs is 1. The smallest absolute Gasteiger partial charge is 0.174 e. The summed E-state index contributed by atoms with van der Waals surface area (Å²) in [4.78, 5) is 0. The molecule has 1 unspecified atom stereocenters. The van der Waals surface area contributed by atoms with Crippen LogP contribution in [0.5, 0.6) is 11.5 Å². The van der Waals surface area contributed by atoms with Gasteiger partial charge in [0, 0.05) is 17.5 Å². The molecule has 28 heavy (non-hydrogen) atoms. The van der Waals surface area contributed by atoms with E-state index >= 15 is 0 Å². The number of hydrogen-bond acceptors (Lipinski definition) is 4. The molecule has 0 saturated heterocycles. The summed E-state index contributed by atoms with van der Waals surface area (Å²) in [7, 11) is 1.66. The van der Waals surface area contributed by atoms with Crippen molar-refractivity contribution in [2.24, 2.45) is 0 Å². The van der Waals surface area contributed by atoms with Crippen molar-refractivity contribution in [3.05, 3.63) is 90.0 Å². The zero-order chi connectivity index (χ0) is 18.9. The van der Waals surface area contributed by atoms with Gasteiger partial charge in [0.2, 0.25) is 0 Å². The fraction of sp³-hybridized carbons (Fsp3) is 0.125. The molecule has 3 aromatic carbocycles. The predicted octanol–water partition coefficient (Wildman–Crippen LogP) is 5.69. The maximum absolute atomic E-state index is 6.30. The van der Waals surface area contributed by atoms with E-state index in [0.29, 0.717) is 0 Å². The summed E-state index contributed by atoms with van der Waals surface area (Å²) in [5.74, 6) is 2.45.